The summed E-state index contributed by atoms with van der Waals surface area (Å²) in [6, 6.07) is 8.23. The summed E-state index contributed by atoms with van der Waals surface area (Å²) >= 11 is 0. The number of carbonyl (C=O) groups is 1. The number of carboxylic acid groups (broad SMARTS) is 1. The Morgan fingerprint density at radius 1 is 0.653 bits per heavy atom. The number of nitrogens with zero attached hydrogens (tertiary/aromatic N) is 2. The van der Waals surface area contributed by atoms with Crippen molar-refractivity contribution >= 4 is 53.4 Å². The minimum atomic E-state index is -4.91. The van der Waals surface area contributed by atoms with Crippen LogP contribution in [0.15, 0.2) is 70.1 Å². The van der Waals surface area contributed by atoms with Crippen LogP contribution in [-0.4, -0.2) is 186 Å². The highest BCUT2D eigenvalue weighted by Crippen LogP contribution is 2.51. The zero-order valence-corrected chi connectivity index (χ0v) is 44.1. The quantitative estimate of drug-likeness (QED) is 0.0542. The lowest BCUT2D eigenvalue weighted by molar-refractivity contribution is -0.437. The Balaban J connectivity index is 1.76. The molecule has 2 aromatic rings. The first-order valence-electron chi connectivity index (χ1n) is 23.8. The average molecular weight is 1080 g/mol. The molecule has 0 radical (unpaired) electrons. The molecule has 0 saturated carbocycles. The number of allylic oxidation sites excluding steroid dienone is 4. The third kappa shape index (κ3) is 18.6. The van der Waals surface area contributed by atoms with Crippen molar-refractivity contribution in [3.8, 4) is 0 Å². The van der Waals surface area contributed by atoms with Gasteiger partial charge in [-0.05, 0) is 81.5 Å². The Hall–Kier alpha value is -3.73. The van der Waals surface area contributed by atoms with E-state index in [1.165, 1.54) is 30.3 Å². The minimum absolute atomic E-state index is 0.0148. The van der Waals surface area contributed by atoms with Gasteiger partial charge in [0.1, 0.15) is 26.8 Å². The number of fused-ring (bicyclic) bond motifs is 2. The zero-order valence-electron chi connectivity index (χ0n) is 41.6. The number of rotatable bonds is 38. The van der Waals surface area contributed by atoms with Gasteiger partial charge in [0, 0.05) is 81.3 Å². The maximum atomic E-state index is 12.4. The first-order valence-corrected chi connectivity index (χ1v) is 28.2. The molecule has 2 aliphatic heterocycles. The molecule has 406 valence electrons. The van der Waals surface area contributed by atoms with Gasteiger partial charge in [0.05, 0.1) is 100 Å². The van der Waals surface area contributed by atoms with E-state index in [0.717, 1.165) is 0 Å². The summed E-state index contributed by atoms with van der Waals surface area (Å²) in [4.78, 5) is 12.5. The molecule has 0 bridgehead atoms. The molecule has 2 unspecified atom stereocenters. The summed E-state index contributed by atoms with van der Waals surface area (Å²) in [7, 11) is -11.0. The lowest BCUT2D eigenvalue weighted by atomic mass is 9.76. The molecule has 2 heterocycles. The molecule has 2 aliphatic rings. The zero-order chi connectivity index (χ0) is 52.8. The average Bonchev–Trinajstić information content (AvgIpc) is 3.68. The predicted octanol–water partition coefficient (Wildman–Crippen LogP) is 4.16. The Morgan fingerprint density at radius 2 is 1.14 bits per heavy atom. The van der Waals surface area contributed by atoms with Crippen LogP contribution in [0.5, 0.6) is 0 Å². The summed E-state index contributed by atoms with van der Waals surface area (Å²) in [5.41, 5.74) is 1.45. The number of methoxy groups -OCH3 is 2. The molecular formula is C48H71N2O19S3-. The van der Waals surface area contributed by atoms with Crippen LogP contribution in [0, 0.1) is 0 Å². The highest BCUT2D eigenvalue weighted by Gasteiger charge is 2.48. The topological polar surface area (TPSA) is 286 Å². The van der Waals surface area contributed by atoms with Crippen molar-refractivity contribution in [2.75, 3.05) is 130 Å². The molecule has 0 fully saturated rings. The van der Waals surface area contributed by atoms with Gasteiger partial charge in [-0.1, -0.05) is 12.5 Å². The minimum Gasteiger partial charge on any atom is -0.744 e. The van der Waals surface area contributed by atoms with Crippen LogP contribution in [0.2, 0.25) is 0 Å². The van der Waals surface area contributed by atoms with Gasteiger partial charge in [0.2, 0.25) is 5.69 Å². The molecule has 2 aromatic carbocycles. The van der Waals surface area contributed by atoms with E-state index >= 15 is 0 Å². The monoisotopic (exact) mass is 1080 g/mol. The van der Waals surface area contributed by atoms with E-state index in [4.69, 9.17) is 37.9 Å². The Morgan fingerprint density at radius 3 is 1.64 bits per heavy atom. The van der Waals surface area contributed by atoms with Crippen LogP contribution < -0.4 is 4.90 Å². The molecule has 0 aromatic heterocycles. The second kappa shape index (κ2) is 29.4. The number of carboxylic acids is 1. The molecule has 21 nitrogen and oxygen atoms in total. The maximum Gasteiger partial charge on any atom is 0.303 e. The van der Waals surface area contributed by atoms with Gasteiger partial charge in [-0.15, -0.1) is 0 Å². The summed E-state index contributed by atoms with van der Waals surface area (Å²) in [5, 5.41) is 9.29. The van der Waals surface area contributed by atoms with Gasteiger partial charge >= 0.3 is 5.97 Å². The van der Waals surface area contributed by atoms with Crippen LogP contribution in [0.4, 0.5) is 11.4 Å². The standard InChI is InChI=1S/C48H72N2O19S3/c1-47(17-21-64-27-29-68-33-31-66-25-23-62-3)40-36-38(71(56,57)58)13-15-42(40)49(19-7-5-6-12-46(51)52)44(47)10-8-11-45-48(2,18-22-65-28-30-69-34-32-67-26-24-63-4)41-37-39(72(59,60)61)14-16-43(41)50(45)20-9-35-70(53,54)55/h8,10-11,13-16,36-37H,5-7,9,12,17-35H2,1-4H3,(H3-,51,52,53,54,55,56,57,58,59,60,61)/p-1. The van der Waals surface area contributed by atoms with Gasteiger partial charge < -0.3 is 57.0 Å². The SMILES string of the molecule is COCCOCCOCCOCCC1(C)C(=CC=CC2=[N+](CCCS(=O)(=O)O)c3ccc(S(=O)(=O)[O-])cc3C2(C)CCOCCOCCOCCOC)N(CCCCCC(=O)O)c2ccc(S(=O)(=O)[O-])cc21. The second-order valence-corrected chi connectivity index (χ2v) is 21.9. The van der Waals surface area contributed by atoms with E-state index in [1.807, 2.05) is 29.4 Å². The van der Waals surface area contributed by atoms with Crippen molar-refractivity contribution in [1.29, 1.82) is 0 Å². The maximum absolute atomic E-state index is 12.4. The fourth-order valence-corrected chi connectivity index (χ4v) is 10.1. The highest BCUT2D eigenvalue weighted by molar-refractivity contribution is 7.86. The lowest BCUT2D eigenvalue weighted by Gasteiger charge is -2.30. The van der Waals surface area contributed by atoms with Crippen molar-refractivity contribution in [3.63, 3.8) is 0 Å². The summed E-state index contributed by atoms with van der Waals surface area (Å²) < 4.78 is 154. The first kappa shape index (κ1) is 60.8. The molecule has 0 amide bonds. The normalized spacial score (nSPS) is 18.8. The van der Waals surface area contributed by atoms with Gasteiger partial charge in [-0.3, -0.25) is 9.35 Å². The molecule has 24 heteroatoms. The number of unbranched alkanes of at least 4 members (excludes halogenated alkanes) is 2. The fraction of sp³-hybridized carbons (Fsp3) is 0.625. The van der Waals surface area contributed by atoms with E-state index in [0.29, 0.717) is 119 Å². The number of benzene rings is 2. The molecule has 2 atom stereocenters. The number of hydrogen-bond donors (Lipinski definition) is 2. The second-order valence-electron chi connectivity index (χ2n) is 17.5. The largest absolute Gasteiger partial charge is 0.744 e. The van der Waals surface area contributed by atoms with Crippen molar-refractivity contribution in [1.82, 2.24) is 0 Å². The van der Waals surface area contributed by atoms with Crippen LogP contribution in [0.1, 0.15) is 69.9 Å². The molecular weight excluding hydrogens is 1000 g/mol. The lowest BCUT2D eigenvalue weighted by Crippen LogP contribution is -2.33. The Bertz CT molecular complexity index is 2500. The van der Waals surface area contributed by atoms with E-state index in [1.54, 1.807) is 32.4 Å². The molecule has 4 rings (SSSR count). The highest BCUT2D eigenvalue weighted by atomic mass is 32.2. The van der Waals surface area contributed by atoms with Crippen molar-refractivity contribution < 1.29 is 91.3 Å². The van der Waals surface area contributed by atoms with Crippen LogP contribution in [0.3, 0.4) is 0 Å². The van der Waals surface area contributed by atoms with E-state index in [2.05, 4.69) is 0 Å². The van der Waals surface area contributed by atoms with Gasteiger partial charge in [0.15, 0.2) is 5.71 Å². The number of aliphatic carboxylic acids is 1. The number of hydrogen-bond acceptors (Lipinski definition) is 18. The van der Waals surface area contributed by atoms with Crippen LogP contribution in [0.25, 0.3) is 0 Å². The van der Waals surface area contributed by atoms with Crippen LogP contribution in [-0.2, 0) is 83.9 Å². The number of ether oxygens (including phenoxy) is 8. The summed E-state index contributed by atoms with van der Waals surface area (Å²) in [6.45, 7) is 8.77. The fourth-order valence-electron chi connectivity index (χ4n) is 8.66. The summed E-state index contributed by atoms with van der Waals surface area (Å²) in [6.07, 6.45) is 7.50. The molecule has 0 aliphatic carbocycles. The number of anilines is 1. The van der Waals surface area contributed by atoms with Crippen molar-refractivity contribution in [2.24, 2.45) is 0 Å². The van der Waals surface area contributed by atoms with E-state index in [-0.39, 0.29) is 65.4 Å². The Labute approximate surface area is 424 Å². The smallest absolute Gasteiger partial charge is 0.303 e. The van der Waals surface area contributed by atoms with Gasteiger partial charge in [0.25, 0.3) is 10.1 Å². The first-order chi connectivity index (χ1) is 34.2. The van der Waals surface area contributed by atoms with E-state index in [9.17, 15) is 48.8 Å². The summed E-state index contributed by atoms with van der Waals surface area (Å²) in [5.74, 6) is -1.49. The van der Waals surface area contributed by atoms with Crippen molar-refractivity contribution in [3.05, 3.63) is 71.5 Å². The molecule has 0 spiro atoms. The van der Waals surface area contributed by atoms with Crippen LogP contribution >= 0.6 is 0 Å². The van der Waals surface area contributed by atoms with Gasteiger partial charge in [-0.25, -0.2) is 16.8 Å². The third-order valence-corrected chi connectivity index (χ3v) is 14.9. The molecule has 2 N–H and O–H groups in total. The molecule has 72 heavy (non-hydrogen) atoms. The predicted molar refractivity (Wildman–Crippen MR) is 263 cm³/mol. The third-order valence-electron chi connectivity index (χ3n) is 12.4. The van der Waals surface area contributed by atoms with E-state index < -0.39 is 62.7 Å². The van der Waals surface area contributed by atoms with Crippen molar-refractivity contribution in [2.45, 2.75) is 79.4 Å². The molecule has 0 saturated heterocycles. The van der Waals surface area contributed by atoms with Gasteiger partial charge in [-0.2, -0.15) is 13.0 Å². The Kier molecular flexibility index (Phi) is 24.8.